The Morgan fingerprint density at radius 2 is 0.885 bits per heavy atom. The van der Waals surface area contributed by atoms with Crippen LogP contribution in [0.15, 0.2) is 144 Å². The highest BCUT2D eigenvalue weighted by molar-refractivity contribution is 6.31. The number of methoxy groups -OCH3 is 2. The quantitative estimate of drug-likeness (QED) is 0.0678. The van der Waals surface area contributed by atoms with Crippen molar-refractivity contribution in [2.24, 2.45) is 14.1 Å². The second-order valence-electron chi connectivity index (χ2n) is 18.2. The third kappa shape index (κ3) is 13.5. The zero-order valence-corrected chi connectivity index (χ0v) is 44.6. The molecule has 0 aliphatic carbocycles. The van der Waals surface area contributed by atoms with Crippen LogP contribution in [0.25, 0.3) is 22.3 Å². The van der Waals surface area contributed by atoms with Crippen LogP contribution in [-0.2, 0) is 49.4 Å². The molecule has 0 bridgehead atoms. The molecule has 400 valence electrons. The van der Waals surface area contributed by atoms with Gasteiger partial charge < -0.3 is 28.8 Å². The first-order valence-electron chi connectivity index (χ1n) is 24.0. The van der Waals surface area contributed by atoms with Crippen LogP contribution in [0.5, 0.6) is 11.5 Å². The first-order chi connectivity index (χ1) is 37.1. The molecule has 0 saturated carbocycles. The van der Waals surface area contributed by atoms with E-state index in [0.29, 0.717) is 65.9 Å². The van der Waals surface area contributed by atoms with Gasteiger partial charge in [0.15, 0.2) is 23.1 Å². The molecule has 0 aliphatic rings. The molecule has 4 heterocycles. The first kappa shape index (κ1) is 56.7. The van der Waals surface area contributed by atoms with E-state index in [0.717, 1.165) is 0 Å². The molecule has 0 aliphatic heterocycles. The van der Waals surface area contributed by atoms with E-state index < -0.39 is 35.1 Å². The lowest BCUT2D eigenvalue weighted by Gasteiger charge is -2.21. The Morgan fingerprint density at radius 1 is 0.526 bits per heavy atom. The highest BCUT2D eigenvalue weighted by Gasteiger charge is 2.28. The summed E-state index contributed by atoms with van der Waals surface area (Å²) in [6.07, 6.45) is 6.64. The number of ether oxygens (including phenoxy) is 2. The van der Waals surface area contributed by atoms with Crippen LogP contribution in [0.2, 0.25) is 10.0 Å². The topological polar surface area (TPSA) is 241 Å². The largest absolute Gasteiger partial charge is 0.495 e. The number of halogens is 2. The van der Waals surface area contributed by atoms with Gasteiger partial charge in [-0.05, 0) is 109 Å². The van der Waals surface area contributed by atoms with E-state index >= 15 is 0 Å². The molecule has 78 heavy (non-hydrogen) atoms. The normalized spacial score (nSPS) is 11.7. The summed E-state index contributed by atoms with van der Waals surface area (Å²) >= 11 is 12.4. The summed E-state index contributed by atoms with van der Waals surface area (Å²) in [5, 5.41) is 27.8. The Labute approximate surface area is 456 Å². The van der Waals surface area contributed by atoms with Gasteiger partial charge in [-0.15, -0.1) is 0 Å². The maximum Gasteiger partial charge on any atom is 0.335 e. The number of aromatic carboxylic acids is 2. The van der Waals surface area contributed by atoms with Gasteiger partial charge in [-0.1, -0.05) is 47.5 Å². The fraction of sp³-hybridized carbons (Fsp3) is 0.207. The maximum absolute atomic E-state index is 13.6. The number of Topliss-reactive ketones (excluding diaryl/α,β-unsaturated/α-hetero) is 4. The summed E-state index contributed by atoms with van der Waals surface area (Å²) < 4.78 is 17.0. The highest BCUT2D eigenvalue weighted by atomic mass is 35.5. The van der Waals surface area contributed by atoms with Crippen LogP contribution in [0, 0.1) is 0 Å². The molecule has 0 fully saturated rings. The predicted molar refractivity (Wildman–Crippen MR) is 292 cm³/mol. The average Bonchev–Trinajstić information content (AvgIpc) is 4.07. The zero-order chi connectivity index (χ0) is 56.5. The number of nitrogens with zero attached hydrogens (tertiary/aromatic N) is 6. The van der Waals surface area contributed by atoms with Gasteiger partial charge in [0, 0.05) is 96.6 Å². The Morgan fingerprint density at radius 3 is 1.18 bits per heavy atom. The first-order valence-corrected chi connectivity index (χ1v) is 24.8. The molecule has 2 N–H and O–H groups in total. The predicted octanol–water partition coefficient (Wildman–Crippen LogP) is 8.81. The number of aryl methyl sites for hydroxylation is 2. The van der Waals surface area contributed by atoms with Gasteiger partial charge in [0.25, 0.3) is 11.1 Å². The Kier molecular flexibility index (Phi) is 18.0. The number of carbonyl (C=O) groups excluding carboxylic acids is 4. The number of hydrogen-bond donors (Lipinski definition) is 2. The lowest BCUT2D eigenvalue weighted by Crippen LogP contribution is -2.32. The third-order valence-electron chi connectivity index (χ3n) is 12.7. The number of hydrogen-bond acceptors (Lipinski definition) is 12. The van der Waals surface area contributed by atoms with Crippen LogP contribution in [0.3, 0.4) is 0 Å². The number of aromatic nitrogens is 6. The van der Waals surface area contributed by atoms with Crippen molar-refractivity contribution in [3.05, 3.63) is 210 Å². The van der Waals surface area contributed by atoms with Crippen LogP contribution >= 0.6 is 23.2 Å². The number of rotatable bonds is 20. The van der Waals surface area contributed by atoms with Crippen molar-refractivity contribution in [2.75, 3.05) is 14.2 Å². The van der Waals surface area contributed by atoms with E-state index in [4.69, 9.17) is 42.9 Å². The number of ketones is 4. The minimum absolute atomic E-state index is 0.0311. The molecule has 4 aromatic carbocycles. The molecule has 0 amide bonds. The molecule has 8 aromatic rings. The van der Waals surface area contributed by atoms with Crippen LogP contribution in [0.4, 0.5) is 0 Å². The number of carboxylic acid groups (broad SMARTS) is 2. The number of carboxylic acids is 2. The average molecular weight is 1100 g/mol. The molecule has 4 aromatic heterocycles. The van der Waals surface area contributed by atoms with E-state index in [1.807, 2.05) is 0 Å². The number of pyridine rings is 2. The number of benzene rings is 4. The monoisotopic (exact) mass is 1090 g/mol. The van der Waals surface area contributed by atoms with Crippen LogP contribution in [-0.4, -0.2) is 88.2 Å². The van der Waals surface area contributed by atoms with E-state index in [1.54, 1.807) is 109 Å². The summed E-state index contributed by atoms with van der Waals surface area (Å²) in [4.78, 5) is 101. The summed E-state index contributed by atoms with van der Waals surface area (Å²) in [6.45, 7) is 2.84. The lowest BCUT2D eigenvalue weighted by molar-refractivity contribution is -0.122. The van der Waals surface area contributed by atoms with Crippen LogP contribution < -0.4 is 20.6 Å². The van der Waals surface area contributed by atoms with Crippen molar-refractivity contribution in [3.8, 4) is 33.8 Å². The molecule has 0 saturated heterocycles. The summed E-state index contributed by atoms with van der Waals surface area (Å²) in [5.41, 5.74) is 4.10. The standard InChI is InChI=1S/2C29H26ClN3O6/c2*1-17(34)22-9-8-20(30)13-23(22)24-15-28(36)33(16-27(24)39-3)25(14-21-10-11-32(2)31-21)26(35)12-18-4-6-19(7-5-18)29(37)38/h2*4-11,13,15-16,25H,12,14H2,1-3H3,(H,37,38)/t2*25-/m10/s1. The number of carbonyl (C=O) groups is 6. The third-order valence-corrected chi connectivity index (χ3v) is 13.2. The molecule has 0 unspecified atom stereocenters. The van der Waals surface area contributed by atoms with Gasteiger partial charge in [0.1, 0.15) is 23.6 Å². The van der Waals surface area contributed by atoms with Gasteiger partial charge in [-0.25, -0.2) is 9.59 Å². The highest BCUT2D eigenvalue weighted by Crippen LogP contribution is 2.36. The van der Waals surface area contributed by atoms with E-state index in [2.05, 4.69) is 10.2 Å². The molecule has 0 spiro atoms. The van der Waals surface area contributed by atoms with Crippen molar-refractivity contribution in [2.45, 2.75) is 51.6 Å². The molecule has 8 rings (SSSR count). The minimum atomic E-state index is -1.06. The van der Waals surface area contributed by atoms with Crippen molar-refractivity contribution in [1.29, 1.82) is 0 Å². The Balaban J connectivity index is 0.000000226. The SMILES string of the molecule is COc1cn([C@@H](Cc2ccn(C)n2)C(=O)Cc2ccc(C(=O)O)cc2)c(=O)cc1-c1cc(Cl)ccc1C(C)=O.COc1cn([C@H](Cc2ccn(C)n2)C(=O)Cc2ccc(C(=O)O)cc2)c(=O)cc1-c1cc(Cl)ccc1C(C)=O. The molecular weight excluding hydrogens is 1040 g/mol. The molecule has 0 radical (unpaired) electrons. The molecule has 2 atom stereocenters. The maximum atomic E-state index is 13.6. The van der Waals surface area contributed by atoms with Gasteiger partial charge >= 0.3 is 11.9 Å². The van der Waals surface area contributed by atoms with Gasteiger partial charge in [0.05, 0.1) is 49.1 Å². The zero-order valence-electron chi connectivity index (χ0n) is 43.1. The van der Waals surface area contributed by atoms with E-state index in [1.165, 1.54) is 86.0 Å². The molecule has 18 nitrogen and oxygen atoms in total. The van der Waals surface area contributed by atoms with Gasteiger partial charge in [-0.2, -0.15) is 10.2 Å². The Hall–Kier alpha value is -9.00. The van der Waals surface area contributed by atoms with Crippen molar-refractivity contribution >= 4 is 58.3 Å². The minimum Gasteiger partial charge on any atom is -0.495 e. The summed E-state index contributed by atoms with van der Waals surface area (Å²) in [5.74, 6) is -2.51. The second-order valence-corrected chi connectivity index (χ2v) is 19.1. The van der Waals surface area contributed by atoms with E-state index in [9.17, 15) is 38.4 Å². The van der Waals surface area contributed by atoms with Gasteiger partial charge in [-0.3, -0.25) is 38.1 Å². The van der Waals surface area contributed by atoms with Crippen molar-refractivity contribution in [3.63, 3.8) is 0 Å². The summed E-state index contributed by atoms with van der Waals surface area (Å²) in [7, 11) is 6.38. The van der Waals surface area contributed by atoms with Crippen molar-refractivity contribution < 1.29 is 48.5 Å². The van der Waals surface area contributed by atoms with Crippen LogP contribution in [0.1, 0.15) is 89.9 Å². The Bertz CT molecular complexity index is 3480. The fourth-order valence-electron chi connectivity index (χ4n) is 8.83. The second kappa shape index (κ2) is 24.8. The fourth-order valence-corrected chi connectivity index (χ4v) is 9.17. The van der Waals surface area contributed by atoms with Crippen molar-refractivity contribution in [1.82, 2.24) is 28.7 Å². The lowest BCUT2D eigenvalue weighted by atomic mass is 9.96. The summed E-state index contributed by atoms with van der Waals surface area (Å²) in [6, 6.07) is 25.9. The van der Waals surface area contributed by atoms with E-state index in [-0.39, 0.29) is 71.4 Å². The molecule has 20 heteroatoms. The van der Waals surface area contributed by atoms with Gasteiger partial charge in [0.2, 0.25) is 0 Å². The smallest absolute Gasteiger partial charge is 0.335 e. The molecular formula is C58H52Cl2N6O12.